The summed E-state index contributed by atoms with van der Waals surface area (Å²) in [6.45, 7) is 16.4. The highest BCUT2D eigenvalue weighted by molar-refractivity contribution is 5.90. The first kappa shape index (κ1) is 25.5. The second-order valence-corrected chi connectivity index (χ2v) is 13.5. The molecule has 4 aliphatic carbocycles. The highest BCUT2D eigenvalue weighted by Crippen LogP contribution is 2.73. The standard InChI is InChI=1S/C30H47NO3/c1-19(9-8-10-20(2)26(32)33)21-13-17-30(7)23-11-12-24-27(3,4)25(31-34)15-16-28(24,5)22(23)14-18-29(21,30)6/h10-11,19,21-22,24,34H,8-9,12-18H2,1-7H3,(H,32,33)/b20-10-,31-25-/t19-,21+,22+,24-,28+,29-,30+/m0/s1. The SMILES string of the molecule is C/C(=C/CC[C@H](C)[C@H]1CC[C@]2(C)C3=CC[C@H]4C(C)(C)/C(=N\O)CC[C@]4(C)[C@@H]3CC[C@@]12C)C(=O)O. The average Bonchev–Trinajstić information content (AvgIpc) is 3.04. The molecule has 0 heterocycles. The van der Waals surface area contributed by atoms with Crippen LogP contribution in [0.5, 0.6) is 0 Å². The number of rotatable bonds is 5. The van der Waals surface area contributed by atoms with E-state index in [1.54, 1.807) is 12.5 Å². The molecule has 4 aliphatic rings. The summed E-state index contributed by atoms with van der Waals surface area (Å²) in [5, 5.41) is 22.6. The Kier molecular flexibility index (Phi) is 6.39. The summed E-state index contributed by atoms with van der Waals surface area (Å²) >= 11 is 0. The number of hydrogen-bond donors (Lipinski definition) is 2. The average molecular weight is 470 g/mol. The molecular formula is C30H47NO3. The summed E-state index contributed by atoms with van der Waals surface area (Å²) in [7, 11) is 0. The molecule has 0 aromatic rings. The Morgan fingerprint density at radius 3 is 2.53 bits per heavy atom. The smallest absolute Gasteiger partial charge is 0.330 e. The molecule has 2 N–H and O–H groups in total. The summed E-state index contributed by atoms with van der Waals surface area (Å²) in [6, 6.07) is 0. The summed E-state index contributed by atoms with van der Waals surface area (Å²) in [5.74, 6) is 1.66. The lowest BCUT2D eigenvalue weighted by atomic mass is 9.41. The van der Waals surface area contributed by atoms with Crippen LogP contribution in [0.25, 0.3) is 0 Å². The maximum Gasteiger partial charge on any atom is 0.330 e. The third-order valence-electron chi connectivity index (χ3n) is 11.9. The van der Waals surface area contributed by atoms with E-state index in [1.165, 1.54) is 25.7 Å². The van der Waals surface area contributed by atoms with E-state index in [-0.39, 0.29) is 16.2 Å². The van der Waals surface area contributed by atoms with Crippen LogP contribution in [-0.2, 0) is 4.79 Å². The molecule has 4 nitrogen and oxygen atoms in total. The quantitative estimate of drug-likeness (QED) is 0.186. The molecule has 34 heavy (non-hydrogen) atoms. The van der Waals surface area contributed by atoms with Gasteiger partial charge in [0, 0.05) is 11.0 Å². The van der Waals surface area contributed by atoms with Crippen LogP contribution in [0.15, 0.2) is 28.5 Å². The van der Waals surface area contributed by atoms with Gasteiger partial charge in [-0.05, 0) is 105 Å². The number of fused-ring (bicyclic) bond motifs is 5. The largest absolute Gasteiger partial charge is 0.478 e. The highest BCUT2D eigenvalue weighted by atomic mass is 16.4. The van der Waals surface area contributed by atoms with Gasteiger partial charge in [0.05, 0.1) is 5.71 Å². The first-order valence-electron chi connectivity index (χ1n) is 13.6. The van der Waals surface area contributed by atoms with Crippen LogP contribution in [0.4, 0.5) is 0 Å². The second-order valence-electron chi connectivity index (χ2n) is 13.5. The van der Waals surface area contributed by atoms with Crippen molar-refractivity contribution < 1.29 is 15.1 Å². The molecule has 0 spiro atoms. The van der Waals surface area contributed by atoms with E-state index in [1.807, 2.05) is 6.08 Å². The monoisotopic (exact) mass is 469 g/mol. The van der Waals surface area contributed by atoms with Crippen molar-refractivity contribution in [2.75, 3.05) is 0 Å². The molecule has 3 saturated carbocycles. The van der Waals surface area contributed by atoms with Crippen molar-refractivity contribution in [3.63, 3.8) is 0 Å². The lowest BCUT2D eigenvalue weighted by Gasteiger charge is -2.63. The van der Waals surface area contributed by atoms with Gasteiger partial charge in [-0.1, -0.05) is 64.4 Å². The number of oxime groups is 1. The van der Waals surface area contributed by atoms with E-state index in [0.717, 1.165) is 37.8 Å². The number of carboxylic acids is 1. The van der Waals surface area contributed by atoms with E-state index in [0.29, 0.717) is 34.7 Å². The fourth-order valence-corrected chi connectivity index (χ4v) is 9.51. The Hall–Kier alpha value is -1.58. The van der Waals surface area contributed by atoms with Crippen LogP contribution in [0.2, 0.25) is 0 Å². The van der Waals surface area contributed by atoms with Crippen molar-refractivity contribution in [3.8, 4) is 0 Å². The Bertz CT molecular complexity index is 929. The number of nitrogens with zero attached hydrogens (tertiary/aromatic N) is 1. The minimum Gasteiger partial charge on any atom is -0.478 e. The molecule has 3 fully saturated rings. The maximum atomic E-state index is 11.2. The predicted molar refractivity (Wildman–Crippen MR) is 138 cm³/mol. The van der Waals surface area contributed by atoms with E-state index in [4.69, 9.17) is 5.11 Å². The Morgan fingerprint density at radius 2 is 1.88 bits per heavy atom. The first-order chi connectivity index (χ1) is 15.8. The fourth-order valence-electron chi connectivity index (χ4n) is 9.51. The number of carboxylic acid groups (broad SMARTS) is 1. The van der Waals surface area contributed by atoms with E-state index >= 15 is 0 Å². The summed E-state index contributed by atoms with van der Waals surface area (Å²) in [4.78, 5) is 11.2. The first-order valence-corrected chi connectivity index (χ1v) is 13.6. The van der Waals surface area contributed by atoms with Crippen molar-refractivity contribution in [2.24, 2.45) is 50.5 Å². The molecule has 0 aliphatic heterocycles. The van der Waals surface area contributed by atoms with Gasteiger partial charge in [-0.2, -0.15) is 0 Å². The lowest BCUT2D eigenvalue weighted by molar-refractivity contribution is -0.132. The Morgan fingerprint density at radius 1 is 1.18 bits per heavy atom. The van der Waals surface area contributed by atoms with Gasteiger partial charge in [0.1, 0.15) is 0 Å². The van der Waals surface area contributed by atoms with Crippen molar-refractivity contribution in [3.05, 3.63) is 23.3 Å². The molecule has 190 valence electrons. The van der Waals surface area contributed by atoms with Gasteiger partial charge in [-0.15, -0.1) is 0 Å². The van der Waals surface area contributed by atoms with Crippen LogP contribution in [0, 0.1) is 45.3 Å². The molecule has 7 atom stereocenters. The third-order valence-corrected chi connectivity index (χ3v) is 11.9. The summed E-state index contributed by atoms with van der Waals surface area (Å²) in [5.41, 5.74) is 3.98. The molecule has 0 saturated heterocycles. The van der Waals surface area contributed by atoms with E-state index in [2.05, 4.69) is 52.8 Å². The van der Waals surface area contributed by atoms with Crippen LogP contribution >= 0.6 is 0 Å². The van der Waals surface area contributed by atoms with E-state index in [9.17, 15) is 10.0 Å². The van der Waals surface area contributed by atoms with Crippen molar-refractivity contribution in [2.45, 2.75) is 106 Å². The minimum absolute atomic E-state index is 0.0558. The van der Waals surface area contributed by atoms with Gasteiger partial charge in [0.15, 0.2) is 0 Å². The van der Waals surface area contributed by atoms with Gasteiger partial charge in [-0.25, -0.2) is 4.79 Å². The van der Waals surface area contributed by atoms with Crippen LogP contribution in [0.1, 0.15) is 106 Å². The molecule has 0 aromatic heterocycles. The number of allylic oxidation sites excluding steroid dienone is 3. The van der Waals surface area contributed by atoms with Crippen molar-refractivity contribution in [1.29, 1.82) is 0 Å². The molecule has 0 amide bonds. The molecular weight excluding hydrogens is 422 g/mol. The zero-order valence-electron chi connectivity index (χ0n) is 22.6. The van der Waals surface area contributed by atoms with Crippen LogP contribution in [-0.4, -0.2) is 22.0 Å². The van der Waals surface area contributed by atoms with Crippen molar-refractivity contribution >= 4 is 11.7 Å². The van der Waals surface area contributed by atoms with Gasteiger partial charge in [0.2, 0.25) is 0 Å². The molecule has 0 radical (unpaired) electrons. The zero-order chi connectivity index (χ0) is 25.1. The Labute approximate surface area is 207 Å². The number of aliphatic carboxylic acids is 1. The predicted octanol–water partition coefficient (Wildman–Crippen LogP) is 7.87. The molecule has 0 bridgehead atoms. The number of carbonyl (C=O) groups is 1. The molecule has 4 heteroatoms. The van der Waals surface area contributed by atoms with Crippen LogP contribution in [0.3, 0.4) is 0 Å². The second kappa shape index (κ2) is 8.52. The molecule has 4 rings (SSSR count). The molecule has 0 unspecified atom stereocenters. The Balaban J connectivity index is 1.59. The fraction of sp³-hybridized carbons (Fsp3) is 0.800. The summed E-state index contributed by atoms with van der Waals surface area (Å²) < 4.78 is 0. The zero-order valence-corrected chi connectivity index (χ0v) is 22.6. The van der Waals surface area contributed by atoms with Gasteiger partial charge < -0.3 is 10.3 Å². The van der Waals surface area contributed by atoms with Crippen molar-refractivity contribution in [1.82, 2.24) is 0 Å². The van der Waals surface area contributed by atoms with Crippen LogP contribution < -0.4 is 0 Å². The van der Waals surface area contributed by atoms with Gasteiger partial charge in [-0.3, -0.25) is 0 Å². The highest BCUT2D eigenvalue weighted by Gasteiger charge is 2.65. The minimum atomic E-state index is -0.800. The van der Waals surface area contributed by atoms with E-state index < -0.39 is 5.97 Å². The normalized spacial score (nSPS) is 43.5. The molecule has 0 aromatic carbocycles. The van der Waals surface area contributed by atoms with Gasteiger partial charge >= 0.3 is 5.97 Å². The summed E-state index contributed by atoms with van der Waals surface area (Å²) in [6.07, 6.45) is 14.7. The number of hydrogen-bond acceptors (Lipinski definition) is 3. The maximum absolute atomic E-state index is 11.2. The topological polar surface area (TPSA) is 69.9 Å². The lowest BCUT2D eigenvalue weighted by Crippen LogP contribution is -2.57. The van der Waals surface area contributed by atoms with Gasteiger partial charge in [0.25, 0.3) is 0 Å². The third kappa shape index (κ3) is 3.53.